The fourth-order valence-corrected chi connectivity index (χ4v) is 1.26. The van der Waals surface area contributed by atoms with E-state index < -0.39 is 36.5 Å². The maximum atomic E-state index is 10.5. The lowest BCUT2D eigenvalue weighted by atomic mass is 9.96. The van der Waals surface area contributed by atoms with Crippen LogP contribution in [-0.4, -0.2) is 56.9 Å². The first kappa shape index (κ1) is 10.4. The first-order valence-corrected chi connectivity index (χ1v) is 3.87. The number of aliphatic hydroxyl groups excluding tert-OH is 3. The number of ether oxygens (including phenoxy) is 1. The summed E-state index contributed by atoms with van der Waals surface area (Å²) in [6.07, 6.45) is -6.62. The van der Waals surface area contributed by atoms with Crippen LogP contribution in [0.15, 0.2) is 0 Å². The molecule has 5 atom stereocenters. The summed E-state index contributed by atoms with van der Waals surface area (Å²) in [6, 6.07) is 0. The molecule has 0 aromatic rings. The van der Waals surface area contributed by atoms with Gasteiger partial charge in [-0.05, 0) is 6.92 Å². The molecule has 2 unspecified atom stereocenters. The van der Waals surface area contributed by atoms with E-state index in [1.54, 1.807) is 0 Å². The highest BCUT2D eigenvalue weighted by molar-refractivity contribution is 5.73. The molecule has 4 N–H and O–H groups in total. The van der Waals surface area contributed by atoms with Gasteiger partial charge in [0, 0.05) is 0 Å². The minimum Gasteiger partial charge on any atom is -0.479 e. The summed E-state index contributed by atoms with van der Waals surface area (Å²) in [6.45, 7) is 1.43. The van der Waals surface area contributed by atoms with Gasteiger partial charge in [-0.15, -0.1) is 0 Å². The zero-order valence-corrected chi connectivity index (χ0v) is 6.99. The maximum Gasteiger partial charge on any atom is 0.335 e. The molecule has 0 spiro atoms. The van der Waals surface area contributed by atoms with Crippen molar-refractivity contribution in [1.82, 2.24) is 0 Å². The lowest BCUT2D eigenvalue weighted by Crippen LogP contribution is -2.58. The minimum atomic E-state index is -1.59. The van der Waals surface area contributed by atoms with Gasteiger partial charge in [0.15, 0.2) is 6.10 Å². The van der Waals surface area contributed by atoms with Crippen molar-refractivity contribution in [2.24, 2.45) is 0 Å². The molecule has 1 saturated heterocycles. The summed E-state index contributed by atoms with van der Waals surface area (Å²) < 4.78 is 4.78. The van der Waals surface area contributed by atoms with Crippen molar-refractivity contribution in [1.29, 1.82) is 0 Å². The van der Waals surface area contributed by atoms with Crippen LogP contribution >= 0.6 is 0 Å². The van der Waals surface area contributed by atoms with Gasteiger partial charge in [0.2, 0.25) is 0 Å². The van der Waals surface area contributed by atoms with Gasteiger partial charge in [0.05, 0.1) is 6.10 Å². The molecule has 0 amide bonds. The summed E-state index contributed by atoms with van der Waals surface area (Å²) in [5, 5.41) is 36.1. The highest BCUT2D eigenvalue weighted by atomic mass is 16.6. The quantitative estimate of drug-likeness (QED) is 0.380. The number of aliphatic carboxylic acids is 1. The first-order chi connectivity index (χ1) is 5.95. The Bertz CT molecular complexity index is 205. The highest BCUT2D eigenvalue weighted by Gasteiger charge is 2.44. The van der Waals surface area contributed by atoms with E-state index in [2.05, 4.69) is 0 Å². The first-order valence-electron chi connectivity index (χ1n) is 3.87. The summed E-state index contributed by atoms with van der Waals surface area (Å²) in [4.78, 5) is 10.5. The zero-order valence-electron chi connectivity index (χ0n) is 6.99. The van der Waals surface area contributed by atoms with Gasteiger partial charge in [-0.25, -0.2) is 4.79 Å². The lowest BCUT2D eigenvalue weighted by Gasteiger charge is -2.37. The molecule has 1 aliphatic heterocycles. The number of carbonyl (C=O) groups is 1. The normalized spacial score (nSPS) is 46.0. The molecule has 1 rings (SSSR count). The Labute approximate surface area is 74.4 Å². The van der Waals surface area contributed by atoms with Gasteiger partial charge in [-0.2, -0.15) is 0 Å². The number of rotatable bonds is 1. The van der Waals surface area contributed by atoms with Crippen LogP contribution in [0.5, 0.6) is 0 Å². The van der Waals surface area contributed by atoms with E-state index in [0.717, 1.165) is 0 Å². The van der Waals surface area contributed by atoms with Gasteiger partial charge >= 0.3 is 5.97 Å². The monoisotopic (exact) mass is 192 g/mol. The lowest BCUT2D eigenvalue weighted by molar-refractivity contribution is -0.223. The largest absolute Gasteiger partial charge is 0.479 e. The smallest absolute Gasteiger partial charge is 0.335 e. The fraction of sp³-hybridized carbons (Fsp3) is 0.857. The third-order valence-electron chi connectivity index (χ3n) is 2.10. The van der Waals surface area contributed by atoms with Crippen LogP contribution in [0.2, 0.25) is 0 Å². The standard InChI is InChI=1S/C7H12O6/c1-2-3(8)4(9)5(10)6(13-2)7(11)12/h2-6,8-10H,1H3,(H,11,12)/t2?,3-,4?,5-,6-/m0/s1. The van der Waals surface area contributed by atoms with Crippen LogP contribution in [0.25, 0.3) is 0 Å². The van der Waals surface area contributed by atoms with Crippen molar-refractivity contribution >= 4 is 5.97 Å². The van der Waals surface area contributed by atoms with Crippen molar-refractivity contribution in [3.05, 3.63) is 0 Å². The molecule has 1 fully saturated rings. The average molecular weight is 192 g/mol. The van der Waals surface area contributed by atoms with E-state index in [1.165, 1.54) is 6.92 Å². The second kappa shape index (κ2) is 3.59. The Kier molecular flexibility index (Phi) is 2.87. The second-order valence-corrected chi connectivity index (χ2v) is 3.07. The van der Waals surface area contributed by atoms with Gasteiger partial charge in [0.25, 0.3) is 0 Å². The number of hydrogen-bond acceptors (Lipinski definition) is 5. The molecule has 0 aliphatic carbocycles. The van der Waals surface area contributed by atoms with Crippen molar-refractivity contribution < 1.29 is 30.0 Å². The highest BCUT2D eigenvalue weighted by Crippen LogP contribution is 2.20. The molecule has 0 bridgehead atoms. The summed E-state index contributed by atoms with van der Waals surface area (Å²) in [7, 11) is 0. The maximum absolute atomic E-state index is 10.5. The zero-order chi connectivity index (χ0) is 10.2. The summed E-state index contributed by atoms with van der Waals surface area (Å²) >= 11 is 0. The molecule has 6 nitrogen and oxygen atoms in total. The van der Waals surface area contributed by atoms with Crippen molar-refractivity contribution in [3.63, 3.8) is 0 Å². The van der Waals surface area contributed by atoms with Crippen LogP contribution in [0.3, 0.4) is 0 Å². The van der Waals surface area contributed by atoms with Crippen molar-refractivity contribution in [3.8, 4) is 0 Å². The van der Waals surface area contributed by atoms with Crippen molar-refractivity contribution in [2.45, 2.75) is 37.4 Å². The van der Waals surface area contributed by atoms with Crippen LogP contribution in [-0.2, 0) is 9.53 Å². The van der Waals surface area contributed by atoms with E-state index in [4.69, 9.17) is 9.84 Å². The van der Waals surface area contributed by atoms with Crippen molar-refractivity contribution in [2.75, 3.05) is 0 Å². The third-order valence-corrected chi connectivity index (χ3v) is 2.10. The van der Waals surface area contributed by atoms with Crippen LogP contribution in [0.1, 0.15) is 6.92 Å². The topological polar surface area (TPSA) is 107 Å². The summed E-state index contributed by atoms with van der Waals surface area (Å²) in [5.74, 6) is -1.36. The Hall–Kier alpha value is -0.690. The summed E-state index contributed by atoms with van der Waals surface area (Å²) in [5.41, 5.74) is 0. The Morgan fingerprint density at radius 2 is 1.69 bits per heavy atom. The van der Waals surface area contributed by atoms with Gasteiger partial charge < -0.3 is 25.2 Å². The number of carboxylic acids is 1. The Balaban J connectivity index is 2.76. The van der Waals surface area contributed by atoms with Gasteiger partial charge in [-0.3, -0.25) is 0 Å². The minimum absolute atomic E-state index is 0.806. The molecule has 0 aromatic carbocycles. The van der Waals surface area contributed by atoms with E-state index >= 15 is 0 Å². The Morgan fingerprint density at radius 1 is 1.15 bits per heavy atom. The van der Waals surface area contributed by atoms with Gasteiger partial charge in [-0.1, -0.05) is 0 Å². The average Bonchev–Trinajstić information content (AvgIpc) is 2.07. The predicted molar refractivity (Wildman–Crippen MR) is 40.0 cm³/mol. The van der Waals surface area contributed by atoms with Crippen LogP contribution < -0.4 is 0 Å². The second-order valence-electron chi connectivity index (χ2n) is 3.07. The molecule has 1 heterocycles. The molecule has 0 radical (unpaired) electrons. The molecule has 0 aromatic heterocycles. The molecular formula is C7H12O6. The SMILES string of the molecule is CC1O[C@H](C(=O)O)[C@@H](O)C(O)[C@H]1O. The molecule has 6 heteroatoms. The third kappa shape index (κ3) is 1.80. The number of aliphatic hydroxyl groups is 3. The fourth-order valence-electron chi connectivity index (χ4n) is 1.26. The van der Waals surface area contributed by atoms with E-state index in [9.17, 15) is 20.1 Å². The number of hydrogen-bond donors (Lipinski definition) is 4. The number of carboxylic acid groups (broad SMARTS) is 1. The Morgan fingerprint density at radius 3 is 2.15 bits per heavy atom. The molecular weight excluding hydrogens is 180 g/mol. The molecule has 76 valence electrons. The van der Waals surface area contributed by atoms with E-state index in [0.29, 0.717) is 0 Å². The van der Waals surface area contributed by atoms with E-state index in [-0.39, 0.29) is 0 Å². The molecule has 1 aliphatic rings. The van der Waals surface area contributed by atoms with Crippen LogP contribution in [0, 0.1) is 0 Å². The predicted octanol–water partition coefficient (Wildman–Crippen LogP) is -2.06. The van der Waals surface area contributed by atoms with Crippen LogP contribution in [0.4, 0.5) is 0 Å². The molecule has 0 saturated carbocycles. The van der Waals surface area contributed by atoms with E-state index in [1.807, 2.05) is 0 Å². The molecule has 13 heavy (non-hydrogen) atoms. The van der Waals surface area contributed by atoms with Gasteiger partial charge in [0.1, 0.15) is 18.3 Å².